The second-order valence-corrected chi connectivity index (χ2v) is 7.23. The van der Waals surface area contributed by atoms with Crippen LogP contribution in [0.3, 0.4) is 0 Å². The smallest absolute Gasteiger partial charge is 0.206 e. The molecule has 3 heterocycles. The van der Waals surface area contributed by atoms with Crippen LogP contribution in [0.25, 0.3) is 11.3 Å². The van der Waals surface area contributed by atoms with Crippen LogP contribution in [-0.2, 0) is 4.74 Å². The van der Waals surface area contributed by atoms with E-state index in [4.69, 9.17) is 4.74 Å². The number of pyridine rings is 1. The lowest BCUT2D eigenvalue weighted by Crippen LogP contribution is -2.17. The Hall–Kier alpha value is -2.97. The van der Waals surface area contributed by atoms with Gasteiger partial charge < -0.3 is 14.9 Å². The zero-order chi connectivity index (χ0) is 19.3. The van der Waals surface area contributed by atoms with Gasteiger partial charge in [0.2, 0.25) is 4.80 Å². The molecule has 0 radical (unpaired) electrons. The first-order valence-electron chi connectivity index (χ1n) is 9.01. The van der Waals surface area contributed by atoms with E-state index in [2.05, 4.69) is 15.1 Å². The van der Waals surface area contributed by atoms with Gasteiger partial charge in [-0.3, -0.25) is 9.98 Å². The molecule has 0 bridgehead atoms. The zero-order valence-electron chi connectivity index (χ0n) is 15.1. The first-order valence-corrected chi connectivity index (χ1v) is 9.89. The Bertz CT molecular complexity index is 1040. The third kappa shape index (κ3) is 4.13. The highest BCUT2D eigenvalue weighted by Gasteiger charge is 2.16. The Balaban J connectivity index is 1.75. The molecular weight excluding hydrogens is 376 g/mol. The summed E-state index contributed by atoms with van der Waals surface area (Å²) in [4.78, 5) is 9.64. The molecule has 1 unspecified atom stereocenters. The van der Waals surface area contributed by atoms with E-state index in [1.165, 1.54) is 23.5 Å². The van der Waals surface area contributed by atoms with Crippen molar-refractivity contribution in [2.45, 2.75) is 18.9 Å². The molecular formula is C20H20N4O3S. The first kappa shape index (κ1) is 18.4. The van der Waals surface area contributed by atoms with Crippen molar-refractivity contribution in [3.05, 3.63) is 58.5 Å². The summed E-state index contributed by atoms with van der Waals surface area (Å²) in [5, 5.41) is 26.3. The maximum Gasteiger partial charge on any atom is 0.206 e. The van der Waals surface area contributed by atoms with Crippen LogP contribution >= 0.6 is 11.3 Å². The van der Waals surface area contributed by atoms with E-state index in [9.17, 15) is 10.2 Å². The number of aromatic hydroxyl groups is 2. The highest BCUT2D eigenvalue weighted by atomic mass is 32.1. The molecule has 1 aliphatic rings. The normalized spacial score (nSPS) is 17.6. The molecule has 1 fully saturated rings. The number of hydrogen-bond acceptors (Lipinski definition) is 7. The van der Waals surface area contributed by atoms with E-state index >= 15 is 0 Å². The number of phenols is 2. The number of nitrogens with zero attached hydrogens (tertiary/aromatic N) is 4. The first-order chi connectivity index (χ1) is 13.7. The van der Waals surface area contributed by atoms with Crippen molar-refractivity contribution in [3.63, 3.8) is 0 Å². The van der Waals surface area contributed by atoms with Gasteiger partial charge in [0.05, 0.1) is 30.3 Å². The average molecular weight is 396 g/mol. The van der Waals surface area contributed by atoms with E-state index in [0.717, 1.165) is 19.4 Å². The Morgan fingerprint density at radius 1 is 1.29 bits per heavy atom. The average Bonchev–Trinajstić information content (AvgIpc) is 3.35. The quantitative estimate of drug-likeness (QED) is 0.649. The van der Waals surface area contributed by atoms with Crippen molar-refractivity contribution in [1.82, 2.24) is 9.66 Å². The fourth-order valence-corrected chi connectivity index (χ4v) is 3.82. The van der Waals surface area contributed by atoms with Gasteiger partial charge in [0.25, 0.3) is 0 Å². The van der Waals surface area contributed by atoms with Crippen LogP contribution in [0, 0.1) is 0 Å². The fraction of sp³-hybridized carbons (Fsp3) is 0.250. The molecule has 0 saturated carbocycles. The minimum atomic E-state index is -0.0229. The molecule has 7 nitrogen and oxygen atoms in total. The summed E-state index contributed by atoms with van der Waals surface area (Å²) in [7, 11) is 0. The van der Waals surface area contributed by atoms with Gasteiger partial charge in [-0.25, -0.2) is 4.68 Å². The summed E-state index contributed by atoms with van der Waals surface area (Å²) >= 11 is 1.44. The van der Waals surface area contributed by atoms with Gasteiger partial charge in [-0.2, -0.15) is 5.10 Å². The van der Waals surface area contributed by atoms with Crippen LogP contribution in [-0.4, -0.2) is 45.3 Å². The largest absolute Gasteiger partial charge is 0.508 e. The number of hydrogen-bond donors (Lipinski definition) is 2. The van der Waals surface area contributed by atoms with Crippen LogP contribution in [0.15, 0.2) is 58.1 Å². The number of ether oxygens (including phenoxy) is 1. The highest BCUT2D eigenvalue weighted by Crippen LogP contribution is 2.32. The number of rotatable bonds is 5. The molecule has 1 atom stereocenters. The molecule has 1 aliphatic heterocycles. The van der Waals surface area contributed by atoms with Gasteiger partial charge in [-0.15, -0.1) is 11.3 Å². The maximum atomic E-state index is 10.3. The summed E-state index contributed by atoms with van der Waals surface area (Å²) in [5.74, 6) is -0.0198. The summed E-state index contributed by atoms with van der Waals surface area (Å²) in [6.07, 6.45) is 5.57. The third-order valence-electron chi connectivity index (χ3n) is 4.39. The zero-order valence-corrected chi connectivity index (χ0v) is 15.9. The molecule has 0 aliphatic carbocycles. The summed E-state index contributed by atoms with van der Waals surface area (Å²) in [5.41, 5.74) is 1.96. The van der Waals surface area contributed by atoms with E-state index in [1.54, 1.807) is 23.2 Å². The van der Waals surface area contributed by atoms with Crippen LogP contribution in [0.1, 0.15) is 18.5 Å². The Morgan fingerprint density at radius 3 is 2.96 bits per heavy atom. The lowest BCUT2D eigenvalue weighted by atomic mass is 10.1. The molecule has 1 saturated heterocycles. The van der Waals surface area contributed by atoms with Crippen molar-refractivity contribution in [3.8, 4) is 22.8 Å². The molecule has 28 heavy (non-hydrogen) atoms. The van der Waals surface area contributed by atoms with Crippen molar-refractivity contribution in [2.24, 2.45) is 10.1 Å². The lowest BCUT2D eigenvalue weighted by molar-refractivity contribution is 0.117. The van der Waals surface area contributed by atoms with Crippen molar-refractivity contribution in [1.29, 1.82) is 0 Å². The van der Waals surface area contributed by atoms with Gasteiger partial charge in [0.15, 0.2) is 0 Å². The van der Waals surface area contributed by atoms with Gasteiger partial charge in [-0.05, 0) is 37.1 Å². The minimum Gasteiger partial charge on any atom is -0.508 e. The molecule has 8 heteroatoms. The van der Waals surface area contributed by atoms with Gasteiger partial charge >= 0.3 is 0 Å². The van der Waals surface area contributed by atoms with E-state index in [1.807, 2.05) is 23.6 Å². The predicted octanol–water partition coefficient (Wildman–Crippen LogP) is 2.98. The van der Waals surface area contributed by atoms with Crippen molar-refractivity contribution in [2.75, 3.05) is 13.2 Å². The maximum absolute atomic E-state index is 10.3. The van der Waals surface area contributed by atoms with Crippen molar-refractivity contribution >= 4 is 17.6 Å². The summed E-state index contributed by atoms with van der Waals surface area (Å²) in [6, 6.07) is 10.1. The van der Waals surface area contributed by atoms with E-state index < -0.39 is 0 Å². The number of benzene rings is 1. The molecule has 3 aromatic rings. The second kappa shape index (κ2) is 8.37. The topological polar surface area (TPSA) is 92.2 Å². The van der Waals surface area contributed by atoms with Gasteiger partial charge in [-0.1, -0.05) is 6.07 Å². The molecule has 4 rings (SSSR count). The second-order valence-electron chi connectivity index (χ2n) is 6.39. The van der Waals surface area contributed by atoms with Gasteiger partial charge in [0, 0.05) is 29.8 Å². The third-order valence-corrected chi connectivity index (χ3v) is 5.24. The molecule has 1 aromatic carbocycles. The number of phenolic OH excluding ortho intramolecular Hbond substituents is 2. The SMILES string of the molecule is Oc1ccc(-c2csc(=NCC3CCCO3)n2/N=C/c2ccccn2)c(O)c1. The van der Waals surface area contributed by atoms with E-state index in [-0.39, 0.29) is 17.6 Å². The summed E-state index contributed by atoms with van der Waals surface area (Å²) in [6.45, 7) is 1.36. The van der Waals surface area contributed by atoms with Crippen LogP contribution in [0.2, 0.25) is 0 Å². The van der Waals surface area contributed by atoms with Crippen LogP contribution in [0.4, 0.5) is 0 Å². The standard InChI is InChI=1S/C20H20N4O3S/c25-15-6-7-17(19(26)10-15)18-13-28-20(22-12-16-5-3-9-27-16)24(18)23-11-14-4-1-2-8-21-14/h1-2,4,6-8,10-11,13,16,25-26H,3,5,9,12H2/b22-20?,23-11+. The highest BCUT2D eigenvalue weighted by molar-refractivity contribution is 7.07. The molecule has 2 N–H and O–H groups in total. The number of thiazole rings is 1. The monoisotopic (exact) mass is 396 g/mol. The Labute approximate surface area is 165 Å². The Kier molecular flexibility index (Phi) is 5.50. The molecule has 2 aromatic heterocycles. The minimum absolute atomic E-state index is 0.00306. The molecule has 0 spiro atoms. The lowest BCUT2D eigenvalue weighted by Gasteiger charge is -2.07. The van der Waals surface area contributed by atoms with Gasteiger partial charge in [0.1, 0.15) is 11.5 Å². The fourth-order valence-electron chi connectivity index (χ4n) is 2.98. The number of aromatic nitrogens is 2. The van der Waals surface area contributed by atoms with Crippen LogP contribution in [0.5, 0.6) is 11.5 Å². The predicted molar refractivity (Wildman–Crippen MR) is 108 cm³/mol. The molecule has 0 amide bonds. The van der Waals surface area contributed by atoms with Crippen molar-refractivity contribution < 1.29 is 14.9 Å². The van der Waals surface area contributed by atoms with Crippen LogP contribution < -0.4 is 4.80 Å². The molecule has 144 valence electrons. The van der Waals surface area contributed by atoms with E-state index in [0.29, 0.717) is 28.3 Å². The summed E-state index contributed by atoms with van der Waals surface area (Å²) < 4.78 is 7.33. The Morgan fingerprint density at radius 2 is 2.21 bits per heavy atom.